The van der Waals surface area contributed by atoms with Crippen LogP contribution in [-0.4, -0.2) is 57.5 Å². The molecular formula is C47H81N3. The molecule has 3 nitrogen and oxygen atoms in total. The Morgan fingerprint density at radius 1 is 0.340 bits per heavy atom. The van der Waals surface area contributed by atoms with Gasteiger partial charge in [-0.1, -0.05) is 129 Å². The highest BCUT2D eigenvalue weighted by molar-refractivity contribution is 5.14. The van der Waals surface area contributed by atoms with Crippen molar-refractivity contribution in [3.05, 3.63) is 24.6 Å². The van der Waals surface area contributed by atoms with Crippen LogP contribution in [0.4, 0.5) is 0 Å². The zero-order valence-corrected chi connectivity index (χ0v) is 33.0. The minimum Gasteiger partial charge on any atom is -0.369 e. The first kappa shape index (κ1) is 37.4. The third-order valence-corrected chi connectivity index (χ3v) is 15.8. The van der Waals surface area contributed by atoms with E-state index in [1.54, 1.807) is 11.4 Å². The summed E-state index contributed by atoms with van der Waals surface area (Å²) in [5.74, 6) is 2.06. The van der Waals surface area contributed by atoms with Crippen molar-refractivity contribution in [1.29, 1.82) is 0 Å². The summed E-state index contributed by atoms with van der Waals surface area (Å²) in [7, 11) is 0. The molecule has 0 radical (unpaired) electrons. The van der Waals surface area contributed by atoms with Gasteiger partial charge >= 0.3 is 0 Å². The Hall–Kier alpha value is -0.960. The molecule has 7 rings (SSSR count). The largest absolute Gasteiger partial charge is 0.369 e. The molecule has 7 aliphatic carbocycles. The summed E-state index contributed by atoms with van der Waals surface area (Å²) < 4.78 is 0. The Balaban J connectivity index is 1.17. The molecule has 0 saturated heterocycles. The molecule has 0 aliphatic heterocycles. The summed E-state index contributed by atoms with van der Waals surface area (Å²) in [6, 6.07) is 4.70. The van der Waals surface area contributed by atoms with Crippen LogP contribution in [0.2, 0.25) is 0 Å². The smallest absolute Gasteiger partial charge is 0.0289 e. The van der Waals surface area contributed by atoms with Crippen molar-refractivity contribution in [2.75, 3.05) is 6.54 Å². The summed E-state index contributed by atoms with van der Waals surface area (Å²) in [5.41, 5.74) is 3.19. The van der Waals surface area contributed by atoms with Crippen molar-refractivity contribution in [3.63, 3.8) is 0 Å². The number of hydrogen-bond acceptors (Lipinski definition) is 3. The highest BCUT2D eigenvalue weighted by Gasteiger charge is 2.42. The second-order valence-corrected chi connectivity index (χ2v) is 19.2. The third kappa shape index (κ3) is 9.39. The lowest BCUT2D eigenvalue weighted by Gasteiger charge is -2.51. The van der Waals surface area contributed by atoms with Crippen LogP contribution < -0.4 is 0 Å². The van der Waals surface area contributed by atoms with Crippen molar-refractivity contribution in [2.45, 2.75) is 248 Å². The van der Waals surface area contributed by atoms with Crippen molar-refractivity contribution in [2.24, 2.45) is 17.8 Å². The van der Waals surface area contributed by atoms with Gasteiger partial charge < -0.3 is 9.80 Å². The van der Waals surface area contributed by atoms with Crippen LogP contribution in [0.5, 0.6) is 0 Å². The van der Waals surface area contributed by atoms with Crippen LogP contribution in [0.1, 0.15) is 212 Å². The summed E-state index contributed by atoms with van der Waals surface area (Å²) in [6.07, 6.45) is 47.3. The average Bonchev–Trinajstić information content (AvgIpc) is 3.19. The maximum absolute atomic E-state index is 5.21. The highest BCUT2D eigenvalue weighted by atomic mass is 15.2. The molecular weight excluding hydrogens is 607 g/mol. The van der Waals surface area contributed by atoms with Crippen LogP contribution in [0.15, 0.2) is 24.6 Å². The fourth-order valence-electron chi connectivity index (χ4n) is 13.2. The molecule has 50 heavy (non-hydrogen) atoms. The van der Waals surface area contributed by atoms with Gasteiger partial charge in [0.05, 0.1) is 0 Å². The molecule has 0 N–H and O–H groups in total. The number of hydrogen-bond donors (Lipinski definition) is 0. The molecule has 0 bridgehead atoms. The first-order valence-corrected chi connectivity index (χ1v) is 23.4. The molecule has 0 spiro atoms. The van der Waals surface area contributed by atoms with E-state index in [1.807, 2.05) is 0 Å². The Bertz CT molecular complexity index is 901. The fourth-order valence-corrected chi connectivity index (χ4v) is 13.2. The van der Waals surface area contributed by atoms with E-state index >= 15 is 0 Å². The standard InChI is InChI=1S/C47H81N3/c1-37(49(44-25-13-5-14-26-44)45-27-15-6-16-28-45)40-33-39(36-48(42-21-9-3-10-22-42)43-23-11-4-12-24-43)34-41(35-40)38(2)50(46-29-17-7-18-30-46)47-31-19-8-20-32-47/h39-47H,1-36H2. The van der Waals surface area contributed by atoms with Gasteiger partial charge in [0, 0.05) is 54.2 Å². The van der Waals surface area contributed by atoms with Crippen molar-refractivity contribution < 1.29 is 0 Å². The van der Waals surface area contributed by atoms with Gasteiger partial charge in [-0.05, 0) is 114 Å². The summed E-state index contributed by atoms with van der Waals surface area (Å²) in [4.78, 5) is 9.27. The zero-order valence-electron chi connectivity index (χ0n) is 33.0. The van der Waals surface area contributed by atoms with Crippen LogP contribution in [-0.2, 0) is 0 Å². The molecule has 3 heteroatoms. The summed E-state index contributed by atoms with van der Waals surface area (Å²) in [6.45, 7) is 11.8. The van der Waals surface area contributed by atoms with Crippen molar-refractivity contribution in [1.82, 2.24) is 14.7 Å². The van der Waals surface area contributed by atoms with Crippen molar-refractivity contribution >= 4 is 0 Å². The van der Waals surface area contributed by atoms with Crippen LogP contribution in [0, 0.1) is 17.8 Å². The summed E-state index contributed by atoms with van der Waals surface area (Å²) >= 11 is 0. The molecule has 0 amide bonds. The number of allylic oxidation sites excluding steroid dienone is 2. The topological polar surface area (TPSA) is 9.72 Å². The molecule has 7 fully saturated rings. The lowest BCUT2D eigenvalue weighted by molar-refractivity contribution is 0.0339. The molecule has 0 heterocycles. The molecule has 2 atom stereocenters. The lowest BCUT2D eigenvalue weighted by atomic mass is 9.71. The van der Waals surface area contributed by atoms with Crippen LogP contribution in [0.25, 0.3) is 0 Å². The Kier molecular flexibility index (Phi) is 14.1. The SMILES string of the molecule is C=C(C1CC(CN(C2CCCCC2)C2CCCCC2)CC(C(=C)N(C2CCCCC2)C2CCCCC2)C1)N(C1CCCCC1)C1CCCCC1. The minimum absolute atomic E-state index is 0.637. The van der Waals surface area contributed by atoms with Gasteiger partial charge in [0.2, 0.25) is 0 Å². The van der Waals surface area contributed by atoms with E-state index in [0.717, 1.165) is 42.2 Å². The normalized spacial score (nSPS) is 31.1. The van der Waals surface area contributed by atoms with Gasteiger partial charge in [-0.15, -0.1) is 0 Å². The second-order valence-electron chi connectivity index (χ2n) is 19.2. The van der Waals surface area contributed by atoms with Gasteiger partial charge in [-0.3, -0.25) is 4.90 Å². The van der Waals surface area contributed by atoms with Crippen molar-refractivity contribution in [3.8, 4) is 0 Å². The average molecular weight is 688 g/mol. The molecule has 7 saturated carbocycles. The zero-order chi connectivity index (χ0) is 34.1. The van der Waals surface area contributed by atoms with Crippen LogP contribution >= 0.6 is 0 Å². The lowest BCUT2D eigenvalue weighted by Crippen LogP contribution is -2.50. The Morgan fingerprint density at radius 3 is 0.880 bits per heavy atom. The highest BCUT2D eigenvalue weighted by Crippen LogP contribution is 2.47. The minimum atomic E-state index is 0.637. The second kappa shape index (κ2) is 18.9. The first-order chi connectivity index (χ1) is 24.7. The van der Waals surface area contributed by atoms with E-state index in [4.69, 9.17) is 13.2 Å². The van der Waals surface area contributed by atoms with Gasteiger partial charge in [0.25, 0.3) is 0 Å². The van der Waals surface area contributed by atoms with Gasteiger partial charge in [-0.25, -0.2) is 0 Å². The predicted octanol–water partition coefficient (Wildman–Crippen LogP) is 12.9. The molecule has 0 aromatic heterocycles. The third-order valence-electron chi connectivity index (χ3n) is 15.8. The van der Waals surface area contributed by atoms with Gasteiger partial charge in [0.15, 0.2) is 0 Å². The quantitative estimate of drug-likeness (QED) is 0.202. The van der Waals surface area contributed by atoms with Gasteiger partial charge in [-0.2, -0.15) is 0 Å². The molecule has 284 valence electrons. The van der Waals surface area contributed by atoms with Gasteiger partial charge in [0.1, 0.15) is 0 Å². The van der Waals surface area contributed by atoms with E-state index in [1.165, 1.54) is 218 Å². The van der Waals surface area contributed by atoms with E-state index < -0.39 is 0 Å². The predicted molar refractivity (Wildman–Crippen MR) is 214 cm³/mol. The van der Waals surface area contributed by atoms with E-state index in [0.29, 0.717) is 11.8 Å². The van der Waals surface area contributed by atoms with E-state index in [2.05, 4.69) is 14.7 Å². The molecule has 7 aliphatic rings. The Labute approximate surface area is 310 Å². The maximum atomic E-state index is 5.21. The maximum Gasteiger partial charge on any atom is 0.0289 e. The first-order valence-electron chi connectivity index (χ1n) is 23.4. The monoisotopic (exact) mass is 688 g/mol. The molecule has 0 aromatic rings. The molecule has 2 unspecified atom stereocenters. The number of nitrogens with zero attached hydrogens (tertiary/aromatic N) is 3. The van der Waals surface area contributed by atoms with E-state index in [-0.39, 0.29) is 0 Å². The molecule has 0 aromatic carbocycles. The van der Waals surface area contributed by atoms with Crippen LogP contribution in [0.3, 0.4) is 0 Å². The number of rotatable bonds is 12. The van der Waals surface area contributed by atoms with E-state index in [9.17, 15) is 0 Å². The fraction of sp³-hybridized carbons (Fsp3) is 0.915. The Morgan fingerprint density at radius 2 is 0.600 bits per heavy atom. The summed E-state index contributed by atoms with van der Waals surface area (Å²) in [5, 5.41) is 0.